The zero-order valence-corrected chi connectivity index (χ0v) is 8.94. The van der Waals surface area contributed by atoms with Crippen molar-refractivity contribution in [2.24, 2.45) is 0 Å². The van der Waals surface area contributed by atoms with Gasteiger partial charge in [-0.25, -0.2) is 0 Å². The summed E-state index contributed by atoms with van der Waals surface area (Å²) in [5.41, 5.74) is 0. The van der Waals surface area contributed by atoms with E-state index in [0.717, 1.165) is 0 Å². The van der Waals surface area contributed by atoms with E-state index in [4.69, 9.17) is 5.11 Å². The molecule has 0 aromatic carbocycles. The molecule has 0 aliphatic carbocycles. The predicted octanol–water partition coefficient (Wildman–Crippen LogP) is 0.517. The van der Waals surface area contributed by atoms with Crippen LogP contribution in [0.1, 0.15) is 46.5 Å². The number of unbranched alkanes of at least 4 members (excludes halogenated alkanes) is 2. The fourth-order valence-corrected chi connectivity index (χ4v) is 0.841. The summed E-state index contributed by atoms with van der Waals surface area (Å²) in [6, 6.07) is 0. The predicted molar refractivity (Wildman–Crippen MR) is 52.0 cm³/mol. The van der Waals surface area contributed by atoms with Crippen molar-refractivity contribution in [2.75, 3.05) is 19.7 Å². The highest BCUT2D eigenvalue weighted by Crippen LogP contribution is 1.80. The normalized spacial score (nSPS) is 9.00. The first kappa shape index (κ1) is 14.4. The summed E-state index contributed by atoms with van der Waals surface area (Å²) >= 11 is 0. The van der Waals surface area contributed by atoms with Crippen LogP contribution in [0.25, 0.3) is 0 Å². The Kier molecular flexibility index (Phi) is 20.6. The third kappa shape index (κ3) is 22.5. The van der Waals surface area contributed by atoms with Gasteiger partial charge in [0.2, 0.25) is 0 Å². The number of quaternary nitrogens is 1. The first-order chi connectivity index (χ1) is 5.83. The van der Waals surface area contributed by atoms with Crippen molar-refractivity contribution >= 4 is 0 Å². The molecule has 2 heteroatoms. The molecule has 0 amide bonds. The van der Waals surface area contributed by atoms with Gasteiger partial charge in [-0.2, -0.15) is 0 Å². The highest BCUT2D eigenvalue weighted by molar-refractivity contribution is 4.28. The molecule has 2 nitrogen and oxygen atoms in total. The number of nitrogens with two attached hydrogens (primary N) is 1. The van der Waals surface area contributed by atoms with Crippen molar-refractivity contribution < 1.29 is 10.4 Å². The van der Waals surface area contributed by atoms with Crippen LogP contribution in [0.5, 0.6) is 0 Å². The molecular formula is C10H25NO. The Morgan fingerprint density at radius 1 is 0.917 bits per heavy atom. The van der Waals surface area contributed by atoms with Gasteiger partial charge in [0, 0.05) is 0 Å². The largest absolute Gasteiger partial charge is 0.855 e. The Bertz CT molecular complexity index is 51.8. The monoisotopic (exact) mass is 175 g/mol. The van der Waals surface area contributed by atoms with Crippen molar-refractivity contribution in [3.05, 3.63) is 0 Å². The molecule has 0 saturated carbocycles. The van der Waals surface area contributed by atoms with E-state index in [1.165, 1.54) is 38.8 Å². The topological polar surface area (TPSA) is 39.7 Å². The van der Waals surface area contributed by atoms with E-state index in [0.29, 0.717) is 0 Å². The minimum atomic E-state index is 0. The minimum Gasteiger partial charge on any atom is -0.855 e. The Morgan fingerprint density at radius 2 is 1.25 bits per heavy atom. The molecule has 0 rings (SSSR count). The second kappa shape index (κ2) is 17.1. The van der Waals surface area contributed by atoms with Crippen LogP contribution in [0, 0.1) is 0 Å². The van der Waals surface area contributed by atoms with Crippen molar-refractivity contribution in [1.82, 2.24) is 0 Å². The number of rotatable bonds is 6. The number of hydrogen-bond donors (Lipinski definition) is 1. The summed E-state index contributed by atoms with van der Waals surface area (Å²) in [5, 5.41) is 11.4. The van der Waals surface area contributed by atoms with Gasteiger partial charge >= 0.3 is 0 Å². The van der Waals surface area contributed by atoms with E-state index in [-0.39, 0.29) is 6.61 Å². The summed E-state index contributed by atoms with van der Waals surface area (Å²) in [7, 11) is 0. The van der Waals surface area contributed by atoms with Crippen molar-refractivity contribution in [1.29, 1.82) is 0 Å². The van der Waals surface area contributed by atoms with Crippen LogP contribution < -0.4 is 10.4 Å². The van der Waals surface area contributed by atoms with Crippen LogP contribution >= 0.6 is 0 Å². The first-order valence-corrected chi connectivity index (χ1v) is 5.23. The molecule has 0 aromatic heterocycles. The lowest BCUT2D eigenvalue weighted by molar-refractivity contribution is -0.655. The molecule has 0 spiro atoms. The molecule has 2 N–H and O–H groups in total. The molecule has 0 bridgehead atoms. The van der Waals surface area contributed by atoms with E-state index < -0.39 is 0 Å². The smallest absolute Gasteiger partial charge is 0.0755 e. The van der Waals surface area contributed by atoms with E-state index in [1.54, 1.807) is 6.92 Å². The molecule has 76 valence electrons. The van der Waals surface area contributed by atoms with Crippen LogP contribution in [0.4, 0.5) is 0 Å². The molecule has 0 atom stereocenters. The third-order valence-electron chi connectivity index (χ3n) is 1.52. The van der Waals surface area contributed by atoms with Gasteiger partial charge in [0.15, 0.2) is 0 Å². The van der Waals surface area contributed by atoms with Crippen LogP contribution in [0.3, 0.4) is 0 Å². The molecule has 0 aromatic rings. The molecule has 0 saturated heterocycles. The van der Waals surface area contributed by atoms with Gasteiger partial charge in [0.1, 0.15) is 0 Å². The fraction of sp³-hybridized carbons (Fsp3) is 1.00. The average Bonchev–Trinajstić information content (AvgIpc) is 2.06. The van der Waals surface area contributed by atoms with Crippen LogP contribution in [0.15, 0.2) is 0 Å². The Morgan fingerprint density at radius 3 is 1.50 bits per heavy atom. The van der Waals surface area contributed by atoms with Crippen molar-refractivity contribution in [3.8, 4) is 0 Å². The number of hydrogen-bond acceptors (Lipinski definition) is 1. The Hall–Kier alpha value is -0.0800. The van der Waals surface area contributed by atoms with E-state index in [2.05, 4.69) is 19.2 Å². The van der Waals surface area contributed by atoms with Gasteiger partial charge in [-0.3, -0.25) is 0 Å². The highest BCUT2D eigenvalue weighted by atomic mass is 16.2. The van der Waals surface area contributed by atoms with Crippen molar-refractivity contribution in [2.45, 2.75) is 46.5 Å². The maximum Gasteiger partial charge on any atom is 0.0755 e. The maximum atomic E-state index is 8.93. The average molecular weight is 175 g/mol. The highest BCUT2D eigenvalue weighted by Gasteiger charge is 1.86. The van der Waals surface area contributed by atoms with Gasteiger partial charge < -0.3 is 10.4 Å². The molecule has 0 unspecified atom stereocenters. The van der Waals surface area contributed by atoms with Crippen LogP contribution in [-0.2, 0) is 0 Å². The van der Waals surface area contributed by atoms with Gasteiger partial charge in [0.25, 0.3) is 0 Å². The zero-order chi connectivity index (χ0) is 9.66. The van der Waals surface area contributed by atoms with Gasteiger partial charge in [-0.05, 0) is 12.8 Å². The second-order valence-corrected chi connectivity index (χ2v) is 2.86. The lowest BCUT2D eigenvalue weighted by atomic mass is 10.3. The van der Waals surface area contributed by atoms with Gasteiger partial charge in [0.05, 0.1) is 13.1 Å². The lowest BCUT2D eigenvalue weighted by Crippen LogP contribution is -2.84. The van der Waals surface area contributed by atoms with Crippen molar-refractivity contribution in [3.63, 3.8) is 0 Å². The second-order valence-electron chi connectivity index (χ2n) is 2.86. The molecule has 0 radical (unpaired) electrons. The van der Waals surface area contributed by atoms with Crippen LogP contribution in [0.2, 0.25) is 0 Å². The Balaban J connectivity index is 0. The van der Waals surface area contributed by atoms with Gasteiger partial charge in [-0.15, -0.1) is 6.61 Å². The third-order valence-corrected chi connectivity index (χ3v) is 1.52. The quantitative estimate of drug-likeness (QED) is 0.587. The van der Waals surface area contributed by atoms with E-state index >= 15 is 0 Å². The minimum absolute atomic E-state index is 0. The van der Waals surface area contributed by atoms with Crippen LogP contribution in [-0.4, -0.2) is 19.7 Å². The Labute approximate surface area is 77.4 Å². The standard InChI is InChI=1S/C8H19N.C2H5O/c1-3-5-7-9-8-6-4-2;1-2-3/h9H,3-8H2,1-2H3;2H2,1H3/q;-1/p+1. The van der Waals surface area contributed by atoms with E-state index in [9.17, 15) is 0 Å². The SMILES string of the molecule is CCCC[NH2+]CCCC.CC[O-]. The molecule has 0 fully saturated rings. The zero-order valence-electron chi connectivity index (χ0n) is 8.94. The molecule has 0 heterocycles. The summed E-state index contributed by atoms with van der Waals surface area (Å²) in [6.45, 7) is 8.72. The van der Waals surface area contributed by atoms with E-state index in [1.807, 2.05) is 0 Å². The molecular weight excluding hydrogens is 150 g/mol. The van der Waals surface area contributed by atoms with Gasteiger partial charge in [-0.1, -0.05) is 33.6 Å². The fourth-order valence-electron chi connectivity index (χ4n) is 0.841. The molecule has 12 heavy (non-hydrogen) atoms. The summed E-state index contributed by atoms with van der Waals surface area (Å²) in [5.74, 6) is 0. The summed E-state index contributed by atoms with van der Waals surface area (Å²) in [4.78, 5) is 0. The molecule has 0 aliphatic heterocycles. The lowest BCUT2D eigenvalue weighted by Gasteiger charge is -1.96. The summed E-state index contributed by atoms with van der Waals surface area (Å²) in [6.07, 6.45) is 5.43. The summed E-state index contributed by atoms with van der Waals surface area (Å²) < 4.78 is 0. The maximum absolute atomic E-state index is 8.93. The molecule has 0 aliphatic rings. The first-order valence-electron chi connectivity index (χ1n) is 5.23.